The highest BCUT2D eigenvalue weighted by atomic mass is 16.5. The summed E-state index contributed by atoms with van der Waals surface area (Å²) >= 11 is 0. The standard InChI is InChI=1S/C23H31N3O3/c1-5-25(6-2)20-9-11-21(12-10-20)26(18(3)27)16-15-24-23(28)17-19-7-13-22(29-4)14-8-19/h7-14H,5-6,15-17H2,1-4H3,(H,24,28). The lowest BCUT2D eigenvalue weighted by Gasteiger charge is -2.24. The SMILES string of the molecule is CCN(CC)c1ccc(N(CCNC(=O)Cc2ccc(OC)cc2)C(C)=O)cc1. The van der Waals surface area contributed by atoms with Gasteiger partial charge >= 0.3 is 0 Å². The Hall–Kier alpha value is -3.02. The van der Waals surface area contributed by atoms with Crippen LogP contribution in [0.5, 0.6) is 5.75 Å². The predicted molar refractivity (Wildman–Crippen MR) is 118 cm³/mol. The van der Waals surface area contributed by atoms with Gasteiger partial charge in [-0.25, -0.2) is 0 Å². The van der Waals surface area contributed by atoms with Gasteiger partial charge in [0, 0.05) is 44.5 Å². The number of nitrogens with zero attached hydrogens (tertiary/aromatic N) is 2. The van der Waals surface area contributed by atoms with E-state index in [0.29, 0.717) is 19.5 Å². The summed E-state index contributed by atoms with van der Waals surface area (Å²) in [4.78, 5) is 28.2. The van der Waals surface area contributed by atoms with Crippen LogP contribution in [0, 0.1) is 0 Å². The quantitative estimate of drug-likeness (QED) is 0.669. The van der Waals surface area contributed by atoms with Crippen LogP contribution in [0.3, 0.4) is 0 Å². The fourth-order valence-corrected chi connectivity index (χ4v) is 3.20. The fraction of sp³-hybridized carbons (Fsp3) is 0.391. The number of amides is 2. The Balaban J connectivity index is 1.90. The van der Waals surface area contributed by atoms with Crippen molar-refractivity contribution in [1.29, 1.82) is 0 Å². The molecular weight excluding hydrogens is 366 g/mol. The van der Waals surface area contributed by atoms with Crippen LogP contribution in [0.1, 0.15) is 26.3 Å². The monoisotopic (exact) mass is 397 g/mol. The average molecular weight is 398 g/mol. The Bertz CT molecular complexity index is 784. The number of anilines is 2. The van der Waals surface area contributed by atoms with Gasteiger partial charge in [-0.05, 0) is 55.8 Å². The fourth-order valence-electron chi connectivity index (χ4n) is 3.20. The molecule has 29 heavy (non-hydrogen) atoms. The van der Waals surface area contributed by atoms with Crippen LogP contribution in [0.2, 0.25) is 0 Å². The molecule has 0 saturated carbocycles. The van der Waals surface area contributed by atoms with Crippen molar-refractivity contribution in [3.8, 4) is 5.75 Å². The molecule has 1 N–H and O–H groups in total. The summed E-state index contributed by atoms with van der Waals surface area (Å²) in [5.41, 5.74) is 2.88. The second-order valence-electron chi connectivity index (χ2n) is 6.73. The molecule has 2 aromatic rings. The molecule has 0 unspecified atom stereocenters. The summed E-state index contributed by atoms with van der Waals surface area (Å²) < 4.78 is 5.12. The van der Waals surface area contributed by atoms with Crippen molar-refractivity contribution in [3.05, 3.63) is 54.1 Å². The van der Waals surface area contributed by atoms with E-state index >= 15 is 0 Å². The summed E-state index contributed by atoms with van der Waals surface area (Å²) in [7, 11) is 1.61. The van der Waals surface area contributed by atoms with Crippen molar-refractivity contribution < 1.29 is 14.3 Å². The van der Waals surface area contributed by atoms with Gasteiger partial charge in [0.15, 0.2) is 0 Å². The summed E-state index contributed by atoms with van der Waals surface area (Å²) in [5.74, 6) is 0.638. The lowest BCUT2D eigenvalue weighted by Crippen LogP contribution is -2.38. The van der Waals surface area contributed by atoms with Crippen LogP contribution in [0.25, 0.3) is 0 Å². The normalized spacial score (nSPS) is 10.3. The topological polar surface area (TPSA) is 61.9 Å². The van der Waals surface area contributed by atoms with Crippen LogP contribution in [-0.4, -0.2) is 45.1 Å². The molecule has 0 heterocycles. The van der Waals surface area contributed by atoms with Gasteiger partial charge < -0.3 is 19.9 Å². The second-order valence-corrected chi connectivity index (χ2v) is 6.73. The highest BCUT2D eigenvalue weighted by Gasteiger charge is 2.13. The Kier molecular flexibility index (Phi) is 8.52. The highest BCUT2D eigenvalue weighted by molar-refractivity contribution is 5.91. The van der Waals surface area contributed by atoms with E-state index in [1.54, 1.807) is 12.0 Å². The molecule has 0 aliphatic carbocycles. The first-order chi connectivity index (χ1) is 14.0. The van der Waals surface area contributed by atoms with Gasteiger partial charge in [-0.3, -0.25) is 9.59 Å². The average Bonchev–Trinajstić information content (AvgIpc) is 2.73. The van der Waals surface area contributed by atoms with E-state index in [0.717, 1.165) is 35.8 Å². The molecule has 0 aromatic heterocycles. The van der Waals surface area contributed by atoms with Gasteiger partial charge in [-0.2, -0.15) is 0 Å². The maximum Gasteiger partial charge on any atom is 0.224 e. The van der Waals surface area contributed by atoms with Crippen molar-refractivity contribution in [2.75, 3.05) is 43.1 Å². The molecule has 6 nitrogen and oxygen atoms in total. The van der Waals surface area contributed by atoms with E-state index in [2.05, 4.69) is 24.1 Å². The largest absolute Gasteiger partial charge is 0.497 e. The van der Waals surface area contributed by atoms with E-state index in [1.165, 1.54) is 6.92 Å². The third-order valence-corrected chi connectivity index (χ3v) is 4.85. The molecular formula is C23H31N3O3. The Morgan fingerprint density at radius 1 is 0.931 bits per heavy atom. The van der Waals surface area contributed by atoms with E-state index < -0.39 is 0 Å². The first-order valence-electron chi connectivity index (χ1n) is 10.0. The highest BCUT2D eigenvalue weighted by Crippen LogP contribution is 2.21. The Morgan fingerprint density at radius 2 is 1.52 bits per heavy atom. The molecule has 0 aliphatic heterocycles. The van der Waals surface area contributed by atoms with Gasteiger partial charge in [-0.15, -0.1) is 0 Å². The Morgan fingerprint density at radius 3 is 2.03 bits per heavy atom. The van der Waals surface area contributed by atoms with E-state index in [9.17, 15) is 9.59 Å². The maximum absolute atomic E-state index is 12.2. The van der Waals surface area contributed by atoms with E-state index in [1.807, 2.05) is 48.5 Å². The smallest absolute Gasteiger partial charge is 0.224 e. The number of methoxy groups -OCH3 is 1. The molecule has 2 amide bonds. The summed E-state index contributed by atoms with van der Waals surface area (Å²) in [6.45, 7) is 8.47. The van der Waals surface area contributed by atoms with Crippen molar-refractivity contribution in [3.63, 3.8) is 0 Å². The third-order valence-electron chi connectivity index (χ3n) is 4.85. The Labute approximate surface area is 173 Å². The molecule has 0 atom stereocenters. The van der Waals surface area contributed by atoms with Gasteiger partial charge in [0.2, 0.25) is 11.8 Å². The predicted octanol–water partition coefficient (Wildman–Crippen LogP) is 3.25. The third kappa shape index (κ3) is 6.52. The van der Waals surface area contributed by atoms with Crippen LogP contribution in [0.4, 0.5) is 11.4 Å². The molecule has 2 aromatic carbocycles. The number of hydrogen-bond acceptors (Lipinski definition) is 4. The number of rotatable bonds is 10. The van der Waals surface area contributed by atoms with Gasteiger partial charge in [0.05, 0.1) is 13.5 Å². The number of carbonyl (C=O) groups is 2. The number of benzene rings is 2. The lowest BCUT2D eigenvalue weighted by molar-refractivity contribution is -0.121. The maximum atomic E-state index is 12.2. The zero-order valence-electron chi connectivity index (χ0n) is 17.8. The van der Waals surface area contributed by atoms with Crippen LogP contribution in [0.15, 0.2) is 48.5 Å². The molecule has 0 spiro atoms. The second kappa shape index (κ2) is 11.1. The molecule has 0 saturated heterocycles. The number of carbonyl (C=O) groups excluding carboxylic acids is 2. The minimum absolute atomic E-state index is 0.0509. The zero-order valence-corrected chi connectivity index (χ0v) is 17.8. The molecule has 6 heteroatoms. The summed E-state index contributed by atoms with van der Waals surface area (Å²) in [5, 5.41) is 2.89. The lowest BCUT2D eigenvalue weighted by atomic mass is 10.1. The van der Waals surface area contributed by atoms with Gasteiger partial charge in [-0.1, -0.05) is 12.1 Å². The summed E-state index contributed by atoms with van der Waals surface area (Å²) in [6, 6.07) is 15.4. The molecule has 156 valence electrons. The molecule has 0 aliphatic rings. The number of ether oxygens (including phenoxy) is 1. The number of nitrogens with one attached hydrogen (secondary N) is 1. The molecule has 2 rings (SSSR count). The first-order valence-corrected chi connectivity index (χ1v) is 10.0. The molecule has 0 radical (unpaired) electrons. The first kappa shape index (κ1) is 22.3. The minimum atomic E-state index is -0.0736. The van der Waals surface area contributed by atoms with Crippen molar-refractivity contribution in [2.24, 2.45) is 0 Å². The van der Waals surface area contributed by atoms with E-state index in [-0.39, 0.29) is 11.8 Å². The van der Waals surface area contributed by atoms with Crippen molar-refractivity contribution in [1.82, 2.24) is 5.32 Å². The molecule has 0 fully saturated rings. The minimum Gasteiger partial charge on any atom is -0.497 e. The zero-order chi connectivity index (χ0) is 21.2. The van der Waals surface area contributed by atoms with Crippen LogP contribution >= 0.6 is 0 Å². The van der Waals surface area contributed by atoms with Crippen molar-refractivity contribution >= 4 is 23.2 Å². The van der Waals surface area contributed by atoms with Crippen LogP contribution in [-0.2, 0) is 16.0 Å². The van der Waals surface area contributed by atoms with Crippen LogP contribution < -0.4 is 19.9 Å². The van der Waals surface area contributed by atoms with E-state index in [4.69, 9.17) is 4.74 Å². The summed E-state index contributed by atoms with van der Waals surface area (Å²) in [6.07, 6.45) is 0.294. The van der Waals surface area contributed by atoms with Gasteiger partial charge in [0.25, 0.3) is 0 Å². The number of hydrogen-bond donors (Lipinski definition) is 1. The van der Waals surface area contributed by atoms with Crippen molar-refractivity contribution in [2.45, 2.75) is 27.2 Å². The van der Waals surface area contributed by atoms with Gasteiger partial charge in [0.1, 0.15) is 5.75 Å². The molecule has 0 bridgehead atoms.